The third-order valence-electron chi connectivity index (χ3n) is 4.55. The highest BCUT2D eigenvalue weighted by molar-refractivity contribution is 6.42. The number of nitrogens with one attached hydrogen (secondary N) is 1. The second kappa shape index (κ2) is 10.1. The van der Waals surface area contributed by atoms with Gasteiger partial charge in [0.05, 0.1) is 35.8 Å². The second-order valence-electron chi connectivity index (χ2n) is 6.62. The van der Waals surface area contributed by atoms with Crippen LogP contribution in [-0.2, 0) is 17.8 Å². The lowest BCUT2D eigenvalue weighted by Crippen LogP contribution is -2.36. The molecule has 9 nitrogen and oxygen atoms in total. The van der Waals surface area contributed by atoms with Crippen LogP contribution in [0.3, 0.4) is 0 Å². The van der Waals surface area contributed by atoms with Crippen LogP contribution in [-0.4, -0.2) is 29.2 Å². The van der Waals surface area contributed by atoms with Gasteiger partial charge >= 0.3 is 16.9 Å². The van der Waals surface area contributed by atoms with E-state index in [0.717, 1.165) is 27.2 Å². The molecule has 0 bridgehead atoms. The summed E-state index contributed by atoms with van der Waals surface area (Å²) < 4.78 is 17.9. The van der Waals surface area contributed by atoms with Gasteiger partial charge in [-0.3, -0.25) is 0 Å². The number of aromatic nitrogens is 2. The van der Waals surface area contributed by atoms with Gasteiger partial charge in [-0.15, -0.1) is 0 Å². The summed E-state index contributed by atoms with van der Waals surface area (Å²) in [6.07, 6.45) is -0.443. The molecule has 0 amide bonds. The van der Waals surface area contributed by atoms with E-state index in [1.807, 2.05) is 0 Å². The fourth-order valence-corrected chi connectivity index (χ4v) is 3.46. The van der Waals surface area contributed by atoms with Crippen molar-refractivity contribution in [1.29, 1.82) is 0 Å². The Kier molecular flexibility index (Phi) is 7.54. The summed E-state index contributed by atoms with van der Waals surface area (Å²) in [4.78, 5) is 36.6. The monoisotopic (exact) mass is 457 g/mol. The number of hydrogen-bond acceptors (Lipinski definition) is 7. The zero-order valence-corrected chi connectivity index (χ0v) is 17.7. The average molecular weight is 458 g/mol. The minimum Gasteiger partial charge on any atom is -0.372 e. The lowest BCUT2D eigenvalue weighted by molar-refractivity contribution is 0.0134. The average Bonchev–Trinajstić information content (AvgIpc) is 2.94. The summed E-state index contributed by atoms with van der Waals surface area (Å²) in [5.41, 5.74) is -1.72. The summed E-state index contributed by atoms with van der Waals surface area (Å²) in [6, 6.07) is 6.98. The molecule has 0 aliphatic carbocycles. The number of rotatable bonds is 4. The van der Waals surface area contributed by atoms with Gasteiger partial charge in [0.15, 0.2) is 0 Å². The Hall–Kier alpha value is -2.33. The Bertz CT molecular complexity index is 1120. The molecule has 162 valence electrons. The minimum atomic E-state index is -0.869. The van der Waals surface area contributed by atoms with E-state index < -0.39 is 23.0 Å². The van der Waals surface area contributed by atoms with Crippen LogP contribution < -0.4 is 22.3 Å². The van der Waals surface area contributed by atoms with Gasteiger partial charge in [0.2, 0.25) is 0 Å². The molecule has 1 aliphatic heterocycles. The molecule has 2 aromatic rings. The molecule has 11 heteroatoms. The van der Waals surface area contributed by atoms with E-state index in [4.69, 9.17) is 37.0 Å². The molecule has 30 heavy (non-hydrogen) atoms. The quantitative estimate of drug-likeness (QED) is 0.747. The molecular formula is C19H21Cl2N3O6. The lowest BCUT2D eigenvalue weighted by Gasteiger charge is -2.25. The second-order valence-corrected chi connectivity index (χ2v) is 7.44. The number of hydrogen-bond donors (Lipinski definition) is 1. The molecule has 1 aliphatic rings. The standard InChI is InChI=1S/C19H21Cl2N3O6/c1-2-23-19(27)24(30-17(26)6-5-16(25)29-23)11-13-10-22-7-8-28-18(13)12-3-4-14(20)15(21)9-12/h3-6,9,13,18,22H,2,7-8,10-11H2,1H3/t13-,18-/m0/s1. The molecule has 1 aromatic carbocycles. The first-order valence-electron chi connectivity index (χ1n) is 9.37. The zero-order valence-electron chi connectivity index (χ0n) is 16.2. The SMILES string of the molecule is CCn1oc(=O)ccc(=O)on(C[C@@H]2CNCCO[C@H]2c2ccc(Cl)c(Cl)c2)c1=O. The van der Waals surface area contributed by atoms with Crippen molar-refractivity contribution >= 4 is 23.2 Å². The highest BCUT2D eigenvalue weighted by Gasteiger charge is 2.28. The van der Waals surface area contributed by atoms with Crippen molar-refractivity contribution in [3.8, 4) is 0 Å². The van der Waals surface area contributed by atoms with E-state index in [2.05, 4.69) is 5.32 Å². The van der Waals surface area contributed by atoms with E-state index in [0.29, 0.717) is 29.7 Å². The summed E-state index contributed by atoms with van der Waals surface area (Å²) in [7, 11) is 0. The van der Waals surface area contributed by atoms with E-state index >= 15 is 0 Å². The smallest absolute Gasteiger partial charge is 0.372 e. The molecule has 0 saturated carbocycles. The summed E-state index contributed by atoms with van der Waals surface area (Å²) in [6.45, 7) is 3.22. The van der Waals surface area contributed by atoms with Crippen LogP contribution in [0.1, 0.15) is 18.6 Å². The summed E-state index contributed by atoms with van der Waals surface area (Å²) in [5, 5.41) is 4.04. The van der Waals surface area contributed by atoms with E-state index in [9.17, 15) is 14.4 Å². The number of ether oxygens (including phenoxy) is 1. The van der Waals surface area contributed by atoms with Crippen molar-refractivity contribution in [3.05, 3.63) is 77.3 Å². The van der Waals surface area contributed by atoms with Crippen LogP contribution in [0.5, 0.6) is 0 Å². The minimum absolute atomic E-state index is 0.00955. The Morgan fingerprint density at radius 1 is 1.03 bits per heavy atom. The highest BCUT2D eigenvalue weighted by Crippen LogP contribution is 2.32. The van der Waals surface area contributed by atoms with Crippen molar-refractivity contribution < 1.29 is 13.8 Å². The molecule has 0 radical (unpaired) electrons. The molecule has 1 aromatic heterocycles. The van der Waals surface area contributed by atoms with Crippen molar-refractivity contribution in [2.75, 3.05) is 19.7 Å². The first-order valence-corrected chi connectivity index (χ1v) is 10.1. The summed E-state index contributed by atoms with van der Waals surface area (Å²) >= 11 is 12.2. The lowest BCUT2D eigenvalue weighted by atomic mass is 9.95. The van der Waals surface area contributed by atoms with Crippen LogP contribution >= 0.6 is 23.2 Å². The molecule has 1 saturated heterocycles. The molecule has 0 unspecified atom stereocenters. The predicted octanol–water partition coefficient (Wildman–Crippen LogP) is 1.98. The maximum absolute atomic E-state index is 12.8. The van der Waals surface area contributed by atoms with E-state index in [1.54, 1.807) is 25.1 Å². The van der Waals surface area contributed by atoms with Gasteiger partial charge in [0.1, 0.15) is 0 Å². The maximum atomic E-state index is 12.8. The van der Waals surface area contributed by atoms with Crippen LogP contribution in [0.4, 0.5) is 0 Å². The molecular weight excluding hydrogens is 437 g/mol. The Morgan fingerprint density at radius 2 is 1.73 bits per heavy atom. The first-order chi connectivity index (χ1) is 14.4. The fourth-order valence-electron chi connectivity index (χ4n) is 3.15. The number of benzene rings is 1. The summed E-state index contributed by atoms with van der Waals surface area (Å²) in [5.74, 6) is -0.305. The van der Waals surface area contributed by atoms with Gasteiger partial charge in [-0.2, -0.15) is 9.48 Å². The largest absolute Gasteiger partial charge is 0.386 e. The van der Waals surface area contributed by atoms with Crippen molar-refractivity contribution in [2.24, 2.45) is 5.92 Å². The van der Waals surface area contributed by atoms with Gasteiger partial charge in [-0.1, -0.05) is 29.3 Å². The molecule has 2 heterocycles. The number of nitrogens with zero attached hydrogens (tertiary/aromatic N) is 2. The van der Waals surface area contributed by atoms with Gasteiger partial charge in [0.25, 0.3) is 0 Å². The van der Waals surface area contributed by atoms with Crippen LogP contribution in [0, 0.1) is 5.92 Å². The predicted molar refractivity (Wildman–Crippen MR) is 111 cm³/mol. The van der Waals surface area contributed by atoms with E-state index in [-0.39, 0.29) is 19.0 Å². The molecule has 3 rings (SSSR count). The van der Waals surface area contributed by atoms with Crippen LogP contribution in [0.2, 0.25) is 10.0 Å². The van der Waals surface area contributed by atoms with Gasteiger partial charge < -0.3 is 19.1 Å². The van der Waals surface area contributed by atoms with Crippen molar-refractivity contribution in [3.63, 3.8) is 0 Å². The normalized spacial score (nSPS) is 19.2. The topological polar surface area (TPSA) is 109 Å². The third-order valence-corrected chi connectivity index (χ3v) is 5.29. The number of aryl methyl sites for hydroxylation is 1. The maximum Gasteiger partial charge on any atom is 0.386 e. The Labute approximate surface area is 181 Å². The fraction of sp³-hybridized carbons (Fsp3) is 0.421. The number of halogens is 2. The van der Waals surface area contributed by atoms with Gasteiger partial charge in [0, 0.05) is 31.1 Å². The zero-order chi connectivity index (χ0) is 21.7. The van der Waals surface area contributed by atoms with Crippen molar-refractivity contribution in [2.45, 2.75) is 26.1 Å². The third kappa shape index (κ3) is 5.42. The molecule has 0 spiro atoms. The van der Waals surface area contributed by atoms with Gasteiger partial charge in [-0.05, 0) is 24.6 Å². The van der Waals surface area contributed by atoms with Crippen molar-refractivity contribution in [1.82, 2.24) is 14.8 Å². The van der Waals surface area contributed by atoms with Gasteiger partial charge in [-0.25, -0.2) is 14.4 Å². The van der Waals surface area contributed by atoms with Crippen LogP contribution in [0.15, 0.2) is 53.8 Å². The molecule has 2 atom stereocenters. The molecule has 1 N–H and O–H groups in total. The first kappa shape index (κ1) is 22.4. The Morgan fingerprint density at radius 3 is 2.40 bits per heavy atom. The highest BCUT2D eigenvalue weighted by atomic mass is 35.5. The Balaban J connectivity index is 2.08. The molecule has 1 fully saturated rings. The van der Waals surface area contributed by atoms with Crippen LogP contribution in [0.25, 0.3) is 0 Å². The van der Waals surface area contributed by atoms with E-state index in [1.165, 1.54) is 0 Å².